The van der Waals surface area contributed by atoms with E-state index in [0.717, 1.165) is 11.3 Å². The Morgan fingerprint density at radius 3 is 2.69 bits per heavy atom. The number of aromatic nitrogens is 1. The van der Waals surface area contributed by atoms with Crippen molar-refractivity contribution in [2.24, 2.45) is 10.9 Å². The standard InChI is InChI=1S/C23H28BN5O9S/c25-7-2-1-6-15(22(34)35)27-18(31)10-37-29-19(16-11-39-23(26)28-16)17(30)9-13-8-12-4-3-5-14(21(32)33)20(12)38-24(13)36/h3-5,11,13,15,36H,1-2,6-10,25H2,(H2,26,28)(H,27,31)(H,32,33)(H,34,35)/b29-19-/t13-,15-/m1/s1. The normalized spacial score (nSPS) is 15.6. The van der Waals surface area contributed by atoms with Gasteiger partial charge in [-0.2, -0.15) is 0 Å². The first-order valence-electron chi connectivity index (χ1n) is 12.0. The van der Waals surface area contributed by atoms with Crippen molar-refractivity contribution in [1.82, 2.24) is 10.3 Å². The van der Waals surface area contributed by atoms with E-state index in [-0.39, 0.29) is 47.1 Å². The number of carbonyl (C=O) groups excluding carboxylic acids is 2. The van der Waals surface area contributed by atoms with Gasteiger partial charge in [-0.3, -0.25) is 9.59 Å². The summed E-state index contributed by atoms with van der Waals surface area (Å²) in [7, 11) is -1.47. The van der Waals surface area contributed by atoms with Gasteiger partial charge in [-0.25, -0.2) is 14.6 Å². The second-order valence-electron chi connectivity index (χ2n) is 8.73. The summed E-state index contributed by atoms with van der Waals surface area (Å²) in [5.74, 6) is -4.48. The van der Waals surface area contributed by atoms with E-state index >= 15 is 0 Å². The number of para-hydroxylation sites is 1. The molecule has 208 valence electrons. The number of ketones is 1. The number of aliphatic carboxylic acids is 1. The largest absolute Gasteiger partial charge is 0.535 e. The van der Waals surface area contributed by atoms with Crippen molar-refractivity contribution in [3.63, 3.8) is 0 Å². The lowest BCUT2D eigenvalue weighted by Gasteiger charge is -2.28. The van der Waals surface area contributed by atoms with E-state index < -0.39 is 49.2 Å². The highest BCUT2D eigenvalue weighted by Gasteiger charge is 2.39. The maximum Gasteiger partial charge on any atom is 0.526 e. The summed E-state index contributed by atoms with van der Waals surface area (Å²) in [5, 5.41) is 36.9. The van der Waals surface area contributed by atoms with E-state index in [4.69, 9.17) is 21.0 Å². The lowest BCUT2D eigenvalue weighted by Crippen LogP contribution is -2.42. The van der Waals surface area contributed by atoms with Crippen molar-refractivity contribution in [2.75, 3.05) is 18.9 Å². The number of aromatic carboxylic acids is 1. The Labute approximate surface area is 227 Å². The Hall–Kier alpha value is -4.02. The maximum absolute atomic E-state index is 13.2. The molecule has 1 aliphatic rings. The van der Waals surface area contributed by atoms with Crippen molar-refractivity contribution in [1.29, 1.82) is 0 Å². The van der Waals surface area contributed by atoms with E-state index in [1.807, 2.05) is 0 Å². The van der Waals surface area contributed by atoms with Gasteiger partial charge in [0, 0.05) is 17.6 Å². The molecule has 0 radical (unpaired) electrons. The second kappa shape index (κ2) is 13.7. The Morgan fingerprint density at radius 2 is 2.05 bits per heavy atom. The summed E-state index contributed by atoms with van der Waals surface area (Å²) in [6.07, 6.45) is 1.18. The number of hydrogen-bond donors (Lipinski definition) is 6. The summed E-state index contributed by atoms with van der Waals surface area (Å²) in [6.45, 7) is -0.270. The Bertz CT molecular complexity index is 1250. The lowest BCUT2D eigenvalue weighted by molar-refractivity contribution is -0.142. The molecule has 0 fully saturated rings. The van der Waals surface area contributed by atoms with Gasteiger partial charge in [0.2, 0.25) is 0 Å². The number of thiazole rings is 1. The number of rotatable bonds is 14. The number of unbranched alkanes of at least 4 members (excludes halogenated alkanes) is 1. The zero-order chi connectivity index (χ0) is 28.5. The van der Waals surface area contributed by atoms with E-state index in [1.54, 1.807) is 12.1 Å². The number of anilines is 1. The highest BCUT2D eigenvalue weighted by molar-refractivity contribution is 7.13. The molecule has 1 aromatic carbocycles. The van der Waals surface area contributed by atoms with E-state index in [1.165, 1.54) is 11.4 Å². The van der Waals surface area contributed by atoms with Crippen LogP contribution >= 0.6 is 11.3 Å². The fourth-order valence-corrected chi connectivity index (χ4v) is 4.49. The van der Waals surface area contributed by atoms with Crippen LogP contribution in [-0.4, -0.2) is 75.9 Å². The number of nitrogen functional groups attached to an aromatic ring is 1. The molecule has 2 aromatic rings. The Balaban J connectivity index is 1.69. The van der Waals surface area contributed by atoms with Crippen LogP contribution in [0.4, 0.5) is 5.13 Å². The lowest BCUT2D eigenvalue weighted by atomic mass is 9.64. The van der Waals surface area contributed by atoms with Crippen LogP contribution in [0.1, 0.15) is 47.3 Å². The van der Waals surface area contributed by atoms with E-state index in [2.05, 4.69) is 15.5 Å². The number of carboxylic acids is 2. The van der Waals surface area contributed by atoms with Gasteiger partial charge in [-0.1, -0.05) is 17.3 Å². The van der Waals surface area contributed by atoms with Gasteiger partial charge < -0.3 is 41.5 Å². The number of nitrogens with zero attached hydrogens (tertiary/aromatic N) is 2. The van der Waals surface area contributed by atoms with Crippen LogP contribution in [0.2, 0.25) is 5.82 Å². The molecule has 39 heavy (non-hydrogen) atoms. The molecule has 1 aromatic heterocycles. The second-order valence-corrected chi connectivity index (χ2v) is 9.62. The third-order valence-corrected chi connectivity index (χ3v) is 6.53. The highest BCUT2D eigenvalue weighted by Crippen LogP contribution is 2.36. The number of benzene rings is 1. The smallest absolute Gasteiger partial charge is 0.526 e. The molecule has 16 heteroatoms. The van der Waals surface area contributed by atoms with Crippen LogP contribution in [0.25, 0.3) is 0 Å². The third kappa shape index (κ3) is 7.99. The molecule has 8 N–H and O–H groups in total. The summed E-state index contributed by atoms with van der Waals surface area (Å²) < 4.78 is 5.44. The quantitative estimate of drug-likeness (QED) is 0.0790. The van der Waals surface area contributed by atoms with Crippen molar-refractivity contribution in [2.45, 2.75) is 44.0 Å². The van der Waals surface area contributed by atoms with Gasteiger partial charge in [0.1, 0.15) is 17.5 Å². The number of amides is 1. The summed E-state index contributed by atoms with van der Waals surface area (Å²) in [5.41, 5.74) is 11.3. The minimum Gasteiger partial charge on any atom is -0.535 e. The minimum absolute atomic E-state index is 0.0411. The molecule has 14 nitrogen and oxygen atoms in total. The highest BCUT2D eigenvalue weighted by atomic mass is 32.1. The Kier molecular flexibility index (Phi) is 10.4. The number of fused-ring (bicyclic) bond motifs is 1. The molecule has 2 heterocycles. The van der Waals surface area contributed by atoms with Crippen LogP contribution in [0.3, 0.4) is 0 Å². The zero-order valence-corrected chi connectivity index (χ0v) is 21.6. The number of carboxylic acid groups (broad SMARTS) is 2. The first kappa shape index (κ1) is 29.5. The number of Topliss-reactive ketones (excluding diaryl/α,β-unsaturated/α-hetero) is 1. The molecule has 1 aliphatic heterocycles. The monoisotopic (exact) mass is 561 g/mol. The molecular weight excluding hydrogens is 533 g/mol. The first-order valence-corrected chi connectivity index (χ1v) is 12.8. The molecular formula is C23H28BN5O9S. The topological polar surface area (TPSA) is 237 Å². The van der Waals surface area contributed by atoms with Crippen molar-refractivity contribution in [3.05, 3.63) is 40.4 Å². The average Bonchev–Trinajstić information content (AvgIpc) is 3.31. The fraction of sp³-hybridized carbons (Fsp3) is 0.391. The van der Waals surface area contributed by atoms with Crippen LogP contribution < -0.4 is 21.4 Å². The molecule has 0 bridgehead atoms. The van der Waals surface area contributed by atoms with E-state index in [0.29, 0.717) is 24.9 Å². The number of nitrogens with one attached hydrogen (secondary N) is 1. The predicted molar refractivity (Wildman–Crippen MR) is 141 cm³/mol. The molecule has 0 saturated carbocycles. The molecule has 1 amide bonds. The minimum atomic E-state index is -1.47. The molecule has 0 saturated heterocycles. The van der Waals surface area contributed by atoms with Crippen LogP contribution in [0, 0.1) is 0 Å². The van der Waals surface area contributed by atoms with Gasteiger partial charge in [-0.15, -0.1) is 11.3 Å². The van der Waals surface area contributed by atoms with Gasteiger partial charge in [0.15, 0.2) is 23.2 Å². The number of hydrogen-bond acceptors (Lipinski definition) is 12. The molecule has 2 atom stereocenters. The maximum atomic E-state index is 13.2. The van der Waals surface area contributed by atoms with Gasteiger partial charge in [-0.05, 0) is 43.9 Å². The van der Waals surface area contributed by atoms with Crippen molar-refractivity contribution >= 4 is 52.9 Å². The van der Waals surface area contributed by atoms with Gasteiger partial charge in [0.25, 0.3) is 5.91 Å². The molecule has 3 rings (SSSR count). The van der Waals surface area contributed by atoms with Crippen molar-refractivity contribution in [3.8, 4) is 5.75 Å². The van der Waals surface area contributed by atoms with Gasteiger partial charge in [0.05, 0.1) is 5.56 Å². The van der Waals surface area contributed by atoms with Crippen LogP contribution in [-0.2, 0) is 25.6 Å². The zero-order valence-electron chi connectivity index (χ0n) is 20.7. The Morgan fingerprint density at radius 1 is 1.28 bits per heavy atom. The number of nitrogens with two attached hydrogens (primary N) is 2. The summed E-state index contributed by atoms with van der Waals surface area (Å²) >= 11 is 1.05. The first-order chi connectivity index (χ1) is 18.6. The van der Waals surface area contributed by atoms with E-state index in [9.17, 15) is 34.4 Å². The van der Waals surface area contributed by atoms with Crippen LogP contribution in [0.5, 0.6) is 5.75 Å². The summed E-state index contributed by atoms with van der Waals surface area (Å²) in [4.78, 5) is 57.4. The molecule has 0 aliphatic carbocycles. The molecule has 0 spiro atoms. The average molecular weight is 561 g/mol. The van der Waals surface area contributed by atoms with Crippen LogP contribution in [0.15, 0.2) is 28.7 Å². The van der Waals surface area contributed by atoms with Crippen molar-refractivity contribution < 1.29 is 43.9 Å². The SMILES string of the molecule is NCCCC[C@@H](NC(=O)CO/N=C(\C(=O)C[C@H]1Cc2cccc(C(=O)O)c2OB1O)c1csc(N)n1)C(=O)O. The van der Waals surface area contributed by atoms with Gasteiger partial charge >= 0.3 is 19.1 Å². The summed E-state index contributed by atoms with van der Waals surface area (Å²) in [6, 6.07) is 3.40. The predicted octanol–water partition coefficient (Wildman–Crippen LogP) is 0.288. The number of oxime groups is 1. The molecule has 0 unspecified atom stereocenters. The number of carbonyl (C=O) groups is 4. The third-order valence-electron chi connectivity index (χ3n) is 5.86. The fourth-order valence-electron chi connectivity index (χ4n) is 3.94.